The second kappa shape index (κ2) is 77.3. The summed E-state index contributed by atoms with van der Waals surface area (Å²) in [6, 6.07) is 0. The molecule has 0 aromatic heterocycles. The van der Waals surface area contributed by atoms with E-state index in [-0.39, 0.29) is 25.7 Å². The van der Waals surface area contributed by atoms with Crippen molar-refractivity contribution in [2.24, 2.45) is 0 Å². The van der Waals surface area contributed by atoms with Gasteiger partial charge in [0.25, 0.3) is 0 Å². The molecule has 19 heteroatoms. The zero-order chi connectivity index (χ0) is 77.4. The zero-order valence-corrected chi connectivity index (χ0v) is 67.3. The first-order chi connectivity index (χ1) is 51.7. The van der Waals surface area contributed by atoms with Gasteiger partial charge < -0.3 is 33.8 Å². The lowest BCUT2D eigenvalue weighted by molar-refractivity contribution is -0.161. The Morgan fingerprint density at radius 1 is 0.283 bits per heavy atom. The third-order valence-corrected chi connectivity index (χ3v) is 17.8. The third-order valence-electron chi connectivity index (χ3n) is 15.9. The molecule has 0 heterocycles. The summed E-state index contributed by atoms with van der Waals surface area (Å²) in [5, 5.41) is 10.6. The molecule has 600 valence electrons. The summed E-state index contributed by atoms with van der Waals surface area (Å²) in [6.45, 7) is 4.36. The van der Waals surface area contributed by atoms with Crippen LogP contribution < -0.4 is 0 Å². The number of phosphoric ester groups is 2. The van der Waals surface area contributed by atoms with Gasteiger partial charge in [-0.3, -0.25) is 37.3 Å². The molecule has 17 nitrogen and oxygen atoms in total. The van der Waals surface area contributed by atoms with Crippen molar-refractivity contribution >= 4 is 39.5 Å². The number of unbranched alkanes of at least 4 members (excludes halogenated alkanes) is 18. The molecule has 0 rings (SSSR count). The van der Waals surface area contributed by atoms with Crippen LogP contribution in [0.1, 0.15) is 285 Å². The Morgan fingerprint density at radius 2 is 0.538 bits per heavy atom. The van der Waals surface area contributed by atoms with Crippen molar-refractivity contribution < 1.29 is 80.2 Å². The molecule has 0 aromatic carbocycles. The van der Waals surface area contributed by atoms with Crippen LogP contribution in [-0.4, -0.2) is 96.7 Å². The second-order valence-electron chi connectivity index (χ2n) is 25.9. The lowest BCUT2D eigenvalue weighted by Crippen LogP contribution is -2.30. The van der Waals surface area contributed by atoms with Gasteiger partial charge in [-0.25, -0.2) is 9.13 Å². The van der Waals surface area contributed by atoms with E-state index in [1.165, 1.54) is 38.5 Å². The van der Waals surface area contributed by atoms with E-state index < -0.39 is 97.5 Å². The van der Waals surface area contributed by atoms with Crippen molar-refractivity contribution in [3.63, 3.8) is 0 Å². The number of esters is 4. The van der Waals surface area contributed by atoms with Crippen molar-refractivity contribution in [1.29, 1.82) is 0 Å². The van der Waals surface area contributed by atoms with Crippen LogP contribution in [0.3, 0.4) is 0 Å². The van der Waals surface area contributed by atoms with E-state index in [9.17, 15) is 43.2 Å². The van der Waals surface area contributed by atoms with Crippen LogP contribution in [0.2, 0.25) is 0 Å². The first-order valence-electron chi connectivity index (χ1n) is 40.0. The Labute approximate surface area is 641 Å². The molecule has 0 fully saturated rings. The monoisotopic (exact) mass is 1520 g/mol. The van der Waals surface area contributed by atoms with Crippen molar-refractivity contribution in [1.82, 2.24) is 0 Å². The number of ether oxygens (including phenoxy) is 4. The van der Waals surface area contributed by atoms with Crippen LogP contribution in [0.25, 0.3) is 0 Å². The number of rotatable bonds is 73. The first kappa shape index (κ1) is 100. The quantitative estimate of drug-likeness (QED) is 0.0169. The summed E-state index contributed by atoms with van der Waals surface area (Å²) in [6.07, 6.45) is 93.4. The standard InChI is InChI=1S/C87H140O17P2/c1-5-9-13-17-21-25-29-33-37-39-40-42-46-48-52-56-60-64-68-72-85(90)98-78-83(104-87(92)74-70-66-62-58-54-50-44-36-32-28-24-20-16-12-8-4)80-102-106(95,96)100-76-81(88)75-99-105(93,94)101-79-82(103-86(91)73-69-65-61-57-53-49-43-35-31-27-23-19-15-11-7-3)77-97-84(89)71-67-63-59-55-51-47-45-41-38-34-30-26-22-18-14-10-6-2/h10,12,14,16,21-28,33-38,40,42-45,47,54-55,58-59,66,70,81-83,88H,5-9,11,13,15,17-20,29-32,39,41,46,48-53,56-57,60-65,67-69,71-80H2,1-4H3,(H,93,94)(H,95,96)/b14-10-,16-12-,25-21-,26-22-,27-23-,28-24-,37-33-,38-34-,42-40-,43-35-,44-36-,47-45-,58-54-,59-55-,70-66-. The molecule has 0 bridgehead atoms. The van der Waals surface area contributed by atoms with Gasteiger partial charge in [0.05, 0.1) is 32.8 Å². The fourth-order valence-electron chi connectivity index (χ4n) is 9.84. The molecule has 0 aliphatic rings. The Hall–Kier alpha value is -5.84. The lowest BCUT2D eigenvalue weighted by Gasteiger charge is -2.21. The van der Waals surface area contributed by atoms with E-state index in [1.54, 1.807) is 12.2 Å². The molecule has 0 saturated heterocycles. The topological polar surface area (TPSA) is 237 Å². The number of allylic oxidation sites excluding steroid dienone is 29. The van der Waals surface area contributed by atoms with Gasteiger partial charge in [0.15, 0.2) is 12.2 Å². The van der Waals surface area contributed by atoms with Gasteiger partial charge in [-0.05, 0) is 161 Å². The molecule has 0 aliphatic heterocycles. The molecule has 0 saturated carbocycles. The van der Waals surface area contributed by atoms with Gasteiger partial charge in [0.2, 0.25) is 0 Å². The highest BCUT2D eigenvalue weighted by molar-refractivity contribution is 7.47. The summed E-state index contributed by atoms with van der Waals surface area (Å²) in [5.41, 5.74) is 0. The smallest absolute Gasteiger partial charge is 0.462 e. The maximum Gasteiger partial charge on any atom is 0.472 e. The SMILES string of the molecule is CC/C=C\C/C=C\C/C=C\C/C=C\C/C=C\CCCC(=O)OCC(COP(=O)(O)OCC(O)COP(=O)(O)OCC(COC(=O)CCCCCCCC/C=C\C/C=C\C/C=C\CCCCC)OC(=O)C/C=C\C/C=C\C/C=C\C/C=C\C/C=C\CC)OC(=O)CCCCCCC/C=C\C/C=C\CCCCC. The van der Waals surface area contributed by atoms with Gasteiger partial charge in [-0.1, -0.05) is 281 Å². The molecular weight excluding hydrogens is 1380 g/mol. The highest BCUT2D eigenvalue weighted by Crippen LogP contribution is 2.45. The Kier molecular flexibility index (Phi) is 73.1. The van der Waals surface area contributed by atoms with Crippen molar-refractivity contribution in [2.45, 2.75) is 303 Å². The van der Waals surface area contributed by atoms with Crippen LogP contribution in [0.15, 0.2) is 182 Å². The van der Waals surface area contributed by atoms with Crippen LogP contribution >= 0.6 is 15.6 Å². The van der Waals surface area contributed by atoms with E-state index in [0.717, 1.165) is 161 Å². The number of phosphoric acid groups is 2. The summed E-state index contributed by atoms with van der Waals surface area (Å²) < 4.78 is 68.4. The van der Waals surface area contributed by atoms with Crippen molar-refractivity contribution in [3.8, 4) is 0 Å². The van der Waals surface area contributed by atoms with Crippen LogP contribution in [0.5, 0.6) is 0 Å². The molecule has 5 unspecified atom stereocenters. The zero-order valence-electron chi connectivity index (χ0n) is 65.5. The summed E-state index contributed by atoms with van der Waals surface area (Å²) in [5.74, 6) is -2.44. The third kappa shape index (κ3) is 76.4. The molecule has 0 radical (unpaired) electrons. The average Bonchev–Trinajstić information content (AvgIpc) is 0.928. The highest BCUT2D eigenvalue weighted by Gasteiger charge is 2.30. The molecule has 0 aromatic rings. The van der Waals surface area contributed by atoms with Crippen LogP contribution in [-0.2, 0) is 65.4 Å². The van der Waals surface area contributed by atoms with Gasteiger partial charge >= 0.3 is 39.5 Å². The number of hydrogen-bond acceptors (Lipinski definition) is 15. The van der Waals surface area contributed by atoms with Crippen LogP contribution in [0, 0.1) is 0 Å². The minimum absolute atomic E-state index is 0.0573. The van der Waals surface area contributed by atoms with Gasteiger partial charge in [0, 0.05) is 19.3 Å². The summed E-state index contributed by atoms with van der Waals surface area (Å²) in [4.78, 5) is 73.0. The second-order valence-corrected chi connectivity index (χ2v) is 28.8. The van der Waals surface area contributed by atoms with E-state index in [0.29, 0.717) is 32.1 Å². The minimum Gasteiger partial charge on any atom is -0.462 e. The normalized spacial score (nSPS) is 14.8. The van der Waals surface area contributed by atoms with E-state index in [2.05, 4.69) is 174 Å². The Morgan fingerprint density at radius 3 is 0.877 bits per heavy atom. The maximum absolute atomic E-state index is 13.1. The number of aliphatic hydroxyl groups excluding tert-OH is 1. The maximum atomic E-state index is 13.1. The van der Waals surface area contributed by atoms with Crippen molar-refractivity contribution in [3.05, 3.63) is 182 Å². The fraction of sp³-hybridized carbons (Fsp3) is 0.609. The molecule has 106 heavy (non-hydrogen) atoms. The van der Waals surface area contributed by atoms with Gasteiger partial charge in [-0.15, -0.1) is 0 Å². The number of aliphatic hydroxyl groups is 1. The van der Waals surface area contributed by atoms with E-state index in [4.69, 9.17) is 37.0 Å². The van der Waals surface area contributed by atoms with E-state index >= 15 is 0 Å². The molecule has 3 N–H and O–H groups in total. The van der Waals surface area contributed by atoms with Gasteiger partial charge in [0.1, 0.15) is 19.3 Å². The summed E-state index contributed by atoms with van der Waals surface area (Å²) >= 11 is 0. The van der Waals surface area contributed by atoms with Crippen molar-refractivity contribution in [2.75, 3.05) is 39.6 Å². The Bertz CT molecular complexity index is 2730. The predicted octanol–water partition coefficient (Wildman–Crippen LogP) is 23.6. The highest BCUT2D eigenvalue weighted by atomic mass is 31.2. The van der Waals surface area contributed by atoms with Crippen LogP contribution in [0.4, 0.5) is 0 Å². The molecule has 0 aliphatic carbocycles. The lowest BCUT2D eigenvalue weighted by atomic mass is 10.1. The Balaban J connectivity index is 5.51. The fourth-order valence-corrected chi connectivity index (χ4v) is 11.4. The molecule has 0 amide bonds. The van der Waals surface area contributed by atoms with E-state index in [1.807, 2.05) is 24.3 Å². The minimum atomic E-state index is -5.02. The number of carbonyl (C=O) groups is 4. The first-order valence-corrected chi connectivity index (χ1v) is 43.0. The molecule has 5 atom stereocenters. The summed E-state index contributed by atoms with van der Waals surface area (Å²) in [7, 11) is -10.0. The number of hydrogen-bond donors (Lipinski definition) is 3. The number of carbonyl (C=O) groups excluding carboxylic acids is 4. The predicted molar refractivity (Wildman–Crippen MR) is 436 cm³/mol. The van der Waals surface area contributed by atoms with Gasteiger partial charge in [-0.2, -0.15) is 0 Å². The molecule has 0 spiro atoms. The largest absolute Gasteiger partial charge is 0.472 e. The molecular formula is C87H140O17P2. The average molecular weight is 1520 g/mol.